The molecule has 0 atom stereocenters. The molecule has 1 amide bonds. The molecule has 0 aliphatic carbocycles. The number of para-hydroxylation sites is 1. The molecule has 0 unspecified atom stereocenters. The molecule has 0 saturated heterocycles. The van der Waals surface area contributed by atoms with Gasteiger partial charge in [-0.15, -0.1) is 0 Å². The maximum Gasteiger partial charge on any atom is 0.251 e. The zero-order chi connectivity index (χ0) is 20.0. The van der Waals surface area contributed by atoms with Crippen molar-refractivity contribution in [3.63, 3.8) is 0 Å². The van der Waals surface area contributed by atoms with Crippen LogP contribution in [0.3, 0.4) is 0 Å². The highest BCUT2D eigenvalue weighted by Crippen LogP contribution is 2.25. The van der Waals surface area contributed by atoms with E-state index < -0.39 is 10.0 Å². The van der Waals surface area contributed by atoms with Gasteiger partial charge in [0.2, 0.25) is 10.0 Å². The van der Waals surface area contributed by atoms with Crippen LogP contribution in [0.4, 0.5) is 0 Å². The molecule has 0 aliphatic heterocycles. The third-order valence-electron chi connectivity index (χ3n) is 4.08. The molecule has 0 fully saturated rings. The van der Waals surface area contributed by atoms with E-state index in [4.69, 9.17) is 4.74 Å². The van der Waals surface area contributed by atoms with Crippen molar-refractivity contribution in [2.24, 2.45) is 0 Å². The van der Waals surface area contributed by atoms with Crippen LogP contribution in [0.5, 0.6) is 5.75 Å². The molecule has 0 spiro atoms. The predicted molar refractivity (Wildman–Crippen MR) is 106 cm³/mol. The molecule has 1 N–H and O–H groups in total. The van der Waals surface area contributed by atoms with Gasteiger partial charge in [0, 0.05) is 19.7 Å². The van der Waals surface area contributed by atoms with Crippen LogP contribution in [0, 0.1) is 0 Å². The van der Waals surface area contributed by atoms with E-state index >= 15 is 0 Å². The van der Waals surface area contributed by atoms with Crippen LogP contribution in [0.25, 0.3) is 0 Å². The zero-order valence-corrected chi connectivity index (χ0v) is 16.9. The number of nitrogens with one attached hydrogen (secondary N) is 1. The Hall–Kier alpha value is -2.38. The number of rotatable bonds is 8. The number of amides is 1. The van der Waals surface area contributed by atoms with Crippen LogP contribution in [-0.4, -0.2) is 45.9 Å². The fourth-order valence-electron chi connectivity index (χ4n) is 2.51. The molecule has 2 rings (SSSR count). The van der Waals surface area contributed by atoms with Crippen molar-refractivity contribution in [2.75, 3.05) is 27.2 Å². The summed E-state index contributed by atoms with van der Waals surface area (Å²) in [6, 6.07) is 13.7. The normalized spacial score (nSPS) is 11.6. The summed E-state index contributed by atoms with van der Waals surface area (Å²) in [7, 11) is -0.569. The minimum Gasteiger partial charge on any atom is -0.491 e. The van der Waals surface area contributed by atoms with E-state index in [0.29, 0.717) is 24.6 Å². The van der Waals surface area contributed by atoms with E-state index in [9.17, 15) is 13.2 Å². The number of carbonyl (C=O) groups is 1. The largest absolute Gasteiger partial charge is 0.491 e. The van der Waals surface area contributed by atoms with Gasteiger partial charge in [0.25, 0.3) is 5.91 Å². The Morgan fingerprint density at radius 2 is 1.70 bits per heavy atom. The Morgan fingerprint density at radius 3 is 2.30 bits per heavy atom. The van der Waals surface area contributed by atoms with Crippen LogP contribution >= 0.6 is 0 Å². The highest BCUT2D eigenvalue weighted by Gasteiger charge is 2.17. The first-order valence-electron chi connectivity index (χ1n) is 8.76. The number of carbonyl (C=O) groups excluding carboxylic acids is 1. The minimum absolute atomic E-state index is 0.151. The topological polar surface area (TPSA) is 75.7 Å². The van der Waals surface area contributed by atoms with Gasteiger partial charge in [-0.25, -0.2) is 12.7 Å². The summed E-state index contributed by atoms with van der Waals surface area (Å²) in [6.07, 6.45) is 0. The molecule has 0 radical (unpaired) electrons. The van der Waals surface area contributed by atoms with Gasteiger partial charge >= 0.3 is 0 Å². The number of benzene rings is 2. The fraction of sp³-hybridized carbons (Fsp3) is 0.350. The van der Waals surface area contributed by atoms with Gasteiger partial charge in [0.15, 0.2) is 0 Å². The number of ether oxygens (including phenoxy) is 1. The molecule has 0 aromatic heterocycles. The quantitative estimate of drug-likeness (QED) is 0.703. The summed E-state index contributed by atoms with van der Waals surface area (Å²) >= 11 is 0. The van der Waals surface area contributed by atoms with Gasteiger partial charge in [-0.05, 0) is 41.8 Å². The predicted octanol–water partition coefficient (Wildman–Crippen LogP) is 2.87. The molecule has 7 heteroatoms. The van der Waals surface area contributed by atoms with E-state index in [1.54, 1.807) is 0 Å². The van der Waals surface area contributed by atoms with Crippen LogP contribution in [0.15, 0.2) is 53.4 Å². The molecular formula is C20H26N2O4S. The van der Waals surface area contributed by atoms with E-state index in [1.807, 2.05) is 24.3 Å². The van der Waals surface area contributed by atoms with Gasteiger partial charge < -0.3 is 10.1 Å². The van der Waals surface area contributed by atoms with Crippen molar-refractivity contribution in [1.29, 1.82) is 0 Å². The van der Waals surface area contributed by atoms with Crippen LogP contribution in [-0.2, 0) is 10.0 Å². The van der Waals surface area contributed by atoms with Crippen molar-refractivity contribution < 1.29 is 17.9 Å². The number of sulfonamides is 1. The van der Waals surface area contributed by atoms with Crippen molar-refractivity contribution in [1.82, 2.24) is 9.62 Å². The number of hydrogen-bond donors (Lipinski definition) is 1. The smallest absolute Gasteiger partial charge is 0.251 e. The van der Waals surface area contributed by atoms with Gasteiger partial charge in [-0.1, -0.05) is 32.0 Å². The van der Waals surface area contributed by atoms with Gasteiger partial charge in [-0.3, -0.25) is 4.79 Å². The summed E-state index contributed by atoms with van der Waals surface area (Å²) < 4.78 is 31.0. The van der Waals surface area contributed by atoms with Gasteiger partial charge in [0.1, 0.15) is 12.4 Å². The lowest BCUT2D eigenvalue weighted by Crippen LogP contribution is -2.28. The Bertz CT molecular complexity index is 875. The van der Waals surface area contributed by atoms with E-state index in [0.717, 1.165) is 15.6 Å². The number of nitrogens with zero attached hydrogens (tertiary/aromatic N) is 1. The Balaban J connectivity index is 1.90. The third kappa shape index (κ3) is 5.30. The average Bonchev–Trinajstić information content (AvgIpc) is 2.65. The molecular weight excluding hydrogens is 364 g/mol. The number of hydrogen-bond acceptors (Lipinski definition) is 4. The first kappa shape index (κ1) is 20.9. The van der Waals surface area contributed by atoms with E-state index in [2.05, 4.69) is 19.2 Å². The van der Waals surface area contributed by atoms with Crippen LogP contribution in [0.2, 0.25) is 0 Å². The summed E-state index contributed by atoms with van der Waals surface area (Å²) in [5.74, 6) is 0.900. The van der Waals surface area contributed by atoms with E-state index in [-0.39, 0.29) is 10.8 Å². The monoisotopic (exact) mass is 390 g/mol. The highest BCUT2D eigenvalue weighted by molar-refractivity contribution is 7.89. The lowest BCUT2D eigenvalue weighted by Gasteiger charge is -2.14. The Labute approximate surface area is 161 Å². The first-order chi connectivity index (χ1) is 12.7. The van der Waals surface area contributed by atoms with Gasteiger partial charge in [0.05, 0.1) is 11.4 Å². The van der Waals surface area contributed by atoms with Crippen LogP contribution in [0.1, 0.15) is 35.7 Å². The maximum atomic E-state index is 12.2. The second-order valence-corrected chi connectivity index (χ2v) is 8.76. The molecule has 0 bridgehead atoms. The minimum atomic E-state index is -3.50. The first-order valence-corrected chi connectivity index (χ1v) is 10.2. The zero-order valence-electron chi connectivity index (χ0n) is 16.1. The maximum absolute atomic E-state index is 12.2. The average molecular weight is 391 g/mol. The molecule has 0 heterocycles. The Kier molecular flexibility index (Phi) is 6.98. The summed E-state index contributed by atoms with van der Waals surface area (Å²) in [6.45, 7) is 4.90. The second kappa shape index (κ2) is 9.01. The summed E-state index contributed by atoms with van der Waals surface area (Å²) in [5, 5.41) is 2.78. The lowest BCUT2D eigenvalue weighted by atomic mass is 10.0. The second-order valence-electron chi connectivity index (χ2n) is 6.61. The lowest BCUT2D eigenvalue weighted by molar-refractivity contribution is 0.0947. The Morgan fingerprint density at radius 1 is 1.07 bits per heavy atom. The molecule has 2 aromatic rings. The SMILES string of the molecule is CC(C)c1ccccc1OCCNC(=O)c1ccc(S(=O)(=O)N(C)C)cc1. The van der Waals surface area contributed by atoms with E-state index in [1.165, 1.54) is 38.4 Å². The molecule has 27 heavy (non-hydrogen) atoms. The van der Waals surface area contributed by atoms with Crippen molar-refractivity contribution in [3.8, 4) is 5.75 Å². The molecule has 146 valence electrons. The molecule has 0 saturated carbocycles. The standard InChI is InChI=1S/C20H26N2O4S/c1-15(2)18-7-5-6-8-19(18)26-14-13-21-20(23)16-9-11-17(12-10-16)27(24,25)22(3)4/h5-12,15H,13-14H2,1-4H3,(H,21,23). The van der Waals surface area contributed by atoms with Crippen molar-refractivity contribution in [3.05, 3.63) is 59.7 Å². The molecule has 2 aromatic carbocycles. The van der Waals surface area contributed by atoms with Gasteiger partial charge in [-0.2, -0.15) is 0 Å². The highest BCUT2D eigenvalue weighted by atomic mass is 32.2. The van der Waals surface area contributed by atoms with Crippen LogP contribution < -0.4 is 10.1 Å². The van der Waals surface area contributed by atoms with Crippen molar-refractivity contribution >= 4 is 15.9 Å². The third-order valence-corrected chi connectivity index (χ3v) is 5.91. The van der Waals surface area contributed by atoms with Crippen molar-refractivity contribution in [2.45, 2.75) is 24.7 Å². The molecule has 0 aliphatic rings. The summed E-state index contributed by atoms with van der Waals surface area (Å²) in [5.41, 5.74) is 1.52. The fourth-order valence-corrected chi connectivity index (χ4v) is 3.41. The molecule has 6 nitrogen and oxygen atoms in total. The summed E-state index contributed by atoms with van der Waals surface area (Å²) in [4.78, 5) is 12.4.